The number of hydrogen-bond donors (Lipinski definition) is 1. The van der Waals surface area contributed by atoms with Crippen molar-refractivity contribution in [3.63, 3.8) is 0 Å². The van der Waals surface area contributed by atoms with Crippen LogP contribution in [0.4, 0.5) is 0 Å². The number of hydrogen-bond acceptors (Lipinski definition) is 3. The molecule has 0 aromatic carbocycles. The Labute approximate surface area is 83.9 Å². The molecule has 0 aromatic heterocycles. The van der Waals surface area contributed by atoms with Gasteiger partial charge < -0.3 is 10.0 Å². The van der Waals surface area contributed by atoms with E-state index in [-0.39, 0.29) is 37.3 Å². The molecule has 1 rings (SSSR count). The van der Waals surface area contributed by atoms with Gasteiger partial charge in [0.25, 0.3) is 0 Å². The van der Waals surface area contributed by atoms with Crippen LogP contribution in [0.25, 0.3) is 0 Å². The molecule has 0 saturated carbocycles. The molecule has 0 spiro atoms. The topological polar surface area (TPSA) is 57.6 Å². The minimum Gasteiger partial charge on any atom is -0.394 e. The average Bonchev–Trinajstić information content (AvgIpc) is 2.41. The molecule has 1 aliphatic rings. The van der Waals surface area contributed by atoms with E-state index in [9.17, 15) is 9.59 Å². The van der Waals surface area contributed by atoms with E-state index >= 15 is 0 Å². The predicted molar refractivity (Wildman–Crippen MR) is 51.7 cm³/mol. The van der Waals surface area contributed by atoms with Crippen LogP contribution in [0.3, 0.4) is 0 Å². The number of rotatable bonds is 4. The van der Waals surface area contributed by atoms with Gasteiger partial charge >= 0.3 is 0 Å². The van der Waals surface area contributed by atoms with Crippen molar-refractivity contribution in [1.82, 2.24) is 4.90 Å². The third-order valence-electron chi connectivity index (χ3n) is 2.41. The Morgan fingerprint density at radius 1 is 1.43 bits per heavy atom. The van der Waals surface area contributed by atoms with Gasteiger partial charge in [-0.15, -0.1) is 0 Å². The fourth-order valence-corrected chi connectivity index (χ4v) is 1.78. The van der Waals surface area contributed by atoms with Gasteiger partial charge in [-0.3, -0.25) is 9.59 Å². The molecule has 0 unspecified atom stereocenters. The molecule has 1 aliphatic heterocycles. The van der Waals surface area contributed by atoms with Gasteiger partial charge in [0.1, 0.15) is 0 Å². The van der Waals surface area contributed by atoms with Crippen LogP contribution in [0, 0.1) is 5.92 Å². The third-order valence-corrected chi connectivity index (χ3v) is 2.41. The van der Waals surface area contributed by atoms with E-state index in [1.807, 2.05) is 13.8 Å². The average molecular weight is 199 g/mol. The van der Waals surface area contributed by atoms with Crippen LogP contribution in [-0.2, 0) is 9.59 Å². The zero-order valence-corrected chi connectivity index (χ0v) is 8.69. The van der Waals surface area contributed by atoms with Gasteiger partial charge in [-0.05, 0) is 12.3 Å². The Bertz CT molecular complexity index is 238. The first-order valence-corrected chi connectivity index (χ1v) is 4.96. The van der Waals surface area contributed by atoms with Crippen molar-refractivity contribution in [2.45, 2.75) is 32.7 Å². The quantitative estimate of drug-likeness (QED) is 0.658. The van der Waals surface area contributed by atoms with Crippen molar-refractivity contribution >= 4 is 11.7 Å². The molecular weight excluding hydrogens is 182 g/mol. The standard InChI is InChI=1S/C10H17NO3/c1-7(2)3-8(6-12)11-5-9(13)4-10(11)14/h7-8,12H,3-6H2,1-2H3/t8-/m0/s1. The summed E-state index contributed by atoms with van der Waals surface area (Å²) in [6, 6.07) is -0.186. The fourth-order valence-electron chi connectivity index (χ4n) is 1.78. The maximum Gasteiger partial charge on any atom is 0.230 e. The number of aliphatic hydroxyl groups excluding tert-OH is 1. The lowest BCUT2D eigenvalue weighted by atomic mass is 10.0. The number of carbonyl (C=O) groups excluding carboxylic acids is 2. The monoisotopic (exact) mass is 199 g/mol. The van der Waals surface area contributed by atoms with Crippen molar-refractivity contribution in [3.8, 4) is 0 Å². The zero-order chi connectivity index (χ0) is 10.7. The van der Waals surface area contributed by atoms with Gasteiger partial charge in [0, 0.05) is 0 Å². The first-order chi connectivity index (χ1) is 6.54. The first-order valence-electron chi connectivity index (χ1n) is 4.96. The van der Waals surface area contributed by atoms with Gasteiger partial charge in [-0.1, -0.05) is 13.8 Å². The Kier molecular flexibility index (Phi) is 3.63. The fraction of sp³-hybridized carbons (Fsp3) is 0.800. The highest BCUT2D eigenvalue weighted by Crippen LogP contribution is 2.16. The summed E-state index contributed by atoms with van der Waals surface area (Å²) < 4.78 is 0. The van der Waals surface area contributed by atoms with E-state index in [4.69, 9.17) is 5.11 Å². The molecule has 4 nitrogen and oxygen atoms in total. The molecule has 1 heterocycles. The maximum absolute atomic E-state index is 11.4. The van der Waals surface area contributed by atoms with Crippen LogP contribution < -0.4 is 0 Å². The van der Waals surface area contributed by atoms with Gasteiger partial charge in [-0.2, -0.15) is 0 Å². The normalized spacial score (nSPS) is 19.6. The summed E-state index contributed by atoms with van der Waals surface area (Å²) >= 11 is 0. The molecule has 4 heteroatoms. The van der Waals surface area contributed by atoms with Crippen LogP contribution in [0.1, 0.15) is 26.7 Å². The molecule has 14 heavy (non-hydrogen) atoms. The summed E-state index contributed by atoms with van der Waals surface area (Å²) in [7, 11) is 0. The molecule has 0 aliphatic carbocycles. The van der Waals surface area contributed by atoms with Gasteiger partial charge in [-0.25, -0.2) is 0 Å². The lowest BCUT2D eigenvalue weighted by Crippen LogP contribution is -2.40. The molecule has 0 radical (unpaired) electrons. The minimum atomic E-state index is -0.186. The molecule has 80 valence electrons. The highest BCUT2D eigenvalue weighted by atomic mass is 16.3. The molecule has 1 amide bonds. The number of amides is 1. The van der Waals surface area contributed by atoms with E-state index in [0.29, 0.717) is 5.92 Å². The smallest absolute Gasteiger partial charge is 0.230 e. The van der Waals surface area contributed by atoms with E-state index in [1.165, 1.54) is 4.90 Å². The molecule has 0 bridgehead atoms. The van der Waals surface area contributed by atoms with Gasteiger partial charge in [0.15, 0.2) is 5.78 Å². The van der Waals surface area contributed by atoms with Crippen molar-refractivity contribution in [3.05, 3.63) is 0 Å². The highest BCUT2D eigenvalue weighted by molar-refractivity contribution is 6.05. The summed E-state index contributed by atoms with van der Waals surface area (Å²) in [6.07, 6.45) is 0.754. The minimum absolute atomic E-state index is 0.00853. The van der Waals surface area contributed by atoms with Gasteiger partial charge in [0.2, 0.25) is 5.91 Å². The second kappa shape index (κ2) is 4.55. The summed E-state index contributed by atoms with van der Waals surface area (Å²) in [5.74, 6) is 0.225. The van der Waals surface area contributed by atoms with Crippen LogP contribution in [-0.4, -0.2) is 40.9 Å². The molecule has 1 saturated heterocycles. The van der Waals surface area contributed by atoms with Crippen LogP contribution in [0.2, 0.25) is 0 Å². The second-order valence-electron chi connectivity index (χ2n) is 4.20. The van der Waals surface area contributed by atoms with Crippen LogP contribution >= 0.6 is 0 Å². The van der Waals surface area contributed by atoms with Crippen molar-refractivity contribution in [2.75, 3.05) is 13.2 Å². The lowest BCUT2D eigenvalue weighted by molar-refractivity contribution is -0.130. The SMILES string of the molecule is CC(C)C[C@@H](CO)N1CC(=O)CC1=O. The van der Waals surface area contributed by atoms with Gasteiger partial charge in [0.05, 0.1) is 25.6 Å². The van der Waals surface area contributed by atoms with Crippen molar-refractivity contribution < 1.29 is 14.7 Å². The summed E-state index contributed by atoms with van der Waals surface area (Å²) in [4.78, 5) is 23.9. The lowest BCUT2D eigenvalue weighted by Gasteiger charge is -2.26. The third kappa shape index (κ3) is 2.54. The summed E-state index contributed by atoms with van der Waals surface area (Å²) in [5, 5.41) is 9.13. The molecule has 0 aromatic rings. The first kappa shape index (κ1) is 11.2. The van der Waals surface area contributed by atoms with Crippen molar-refractivity contribution in [2.24, 2.45) is 5.92 Å². The molecular formula is C10H17NO3. The molecule has 1 fully saturated rings. The van der Waals surface area contributed by atoms with Crippen LogP contribution in [0.5, 0.6) is 0 Å². The predicted octanol–water partition coefficient (Wildman–Crippen LogP) is 0.195. The number of nitrogens with zero attached hydrogens (tertiary/aromatic N) is 1. The van der Waals surface area contributed by atoms with Crippen LogP contribution in [0.15, 0.2) is 0 Å². The maximum atomic E-state index is 11.4. The number of Topliss-reactive ketones (excluding diaryl/α,β-unsaturated/α-hetero) is 1. The number of ketones is 1. The Hall–Kier alpha value is -0.900. The summed E-state index contributed by atoms with van der Waals surface area (Å²) in [5.41, 5.74) is 0. The van der Waals surface area contributed by atoms with E-state index in [1.54, 1.807) is 0 Å². The largest absolute Gasteiger partial charge is 0.394 e. The molecule has 1 N–H and O–H groups in total. The summed E-state index contributed by atoms with van der Waals surface area (Å²) in [6.45, 7) is 4.18. The number of carbonyl (C=O) groups is 2. The Morgan fingerprint density at radius 2 is 2.07 bits per heavy atom. The number of aliphatic hydroxyl groups is 1. The number of likely N-dealkylation sites (tertiary alicyclic amines) is 1. The van der Waals surface area contributed by atoms with E-state index in [2.05, 4.69) is 0 Å². The zero-order valence-electron chi connectivity index (χ0n) is 8.69. The molecule has 1 atom stereocenters. The van der Waals surface area contributed by atoms with E-state index < -0.39 is 0 Å². The highest BCUT2D eigenvalue weighted by Gasteiger charge is 2.32. The Balaban J connectivity index is 2.60. The second-order valence-corrected chi connectivity index (χ2v) is 4.20. The Morgan fingerprint density at radius 3 is 2.43 bits per heavy atom. The van der Waals surface area contributed by atoms with E-state index in [0.717, 1.165) is 6.42 Å². The van der Waals surface area contributed by atoms with Crippen molar-refractivity contribution in [1.29, 1.82) is 0 Å².